The van der Waals surface area contributed by atoms with E-state index in [0.29, 0.717) is 17.9 Å². The van der Waals surface area contributed by atoms with Crippen LogP contribution in [0, 0.1) is 6.92 Å². The van der Waals surface area contributed by atoms with Gasteiger partial charge in [0.05, 0.1) is 17.8 Å². The molecule has 1 aromatic carbocycles. The fourth-order valence-electron chi connectivity index (χ4n) is 1.62. The number of rotatable bonds is 5. The van der Waals surface area contributed by atoms with Crippen LogP contribution in [0.1, 0.15) is 21.1 Å². The molecule has 1 amide bonds. The second kappa shape index (κ2) is 6.49. The van der Waals surface area contributed by atoms with Gasteiger partial charge in [-0.05, 0) is 25.1 Å². The van der Waals surface area contributed by atoms with Gasteiger partial charge in [-0.1, -0.05) is 6.07 Å². The zero-order valence-corrected chi connectivity index (χ0v) is 12.4. The van der Waals surface area contributed by atoms with E-state index in [2.05, 4.69) is 4.98 Å². The number of carbonyl (C=O) groups excluding carboxylic acids is 1. The van der Waals surface area contributed by atoms with Crippen LogP contribution in [0.2, 0.25) is 0 Å². The van der Waals surface area contributed by atoms with Crippen molar-refractivity contribution < 1.29 is 14.4 Å². The molecule has 2 aromatic rings. The molecule has 6 heteroatoms. The van der Waals surface area contributed by atoms with Gasteiger partial charge in [-0.15, -0.1) is 11.3 Å². The summed E-state index contributed by atoms with van der Waals surface area (Å²) in [5.74, 6) is 0.411. The second-order valence-corrected chi connectivity index (χ2v) is 5.22. The van der Waals surface area contributed by atoms with Crippen LogP contribution in [0.3, 0.4) is 0 Å². The molecule has 0 aliphatic carbocycles. The molecule has 0 bridgehead atoms. The van der Waals surface area contributed by atoms with E-state index >= 15 is 0 Å². The fraction of sp³-hybridized carbons (Fsp3) is 0.286. The molecule has 0 fully saturated rings. The molecule has 0 N–H and O–H groups in total. The maximum Gasteiger partial charge on any atom is 0.277 e. The molecular weight excluding hydrogens is 276 g/mol. The summed E-state index contributed by atoms with van der Waals surface area (Å²) in [6, 6.07) is 7.00. The third kappa shape index (κ3) is 3.55. The number of aromatic nitrogens is 1. The Hall–Kier alpha value is -1.92. The number of hydroxylamine groups is 2. The minimum Gasteiger partial charge on any atom is -0.487 e. The molecule has 20 heavy (non-hydrogen) atoms. The largest absolute Gasteiger partial charge is 0.487 e. The van der Waals surface area contributed by atoms with Crippen LogP contribution in [0.5, 0.6) is 5.75 Å². The van der Waals surface area contributed by atoms with E-state index in [1.807, 2.05) is 18.4 Å². The van der Waals surface area contributed by atoms with Crippen molar-refractivity contribution in [3.8, 4) is 5.75 Å². The number of amides is 1. The van der Waals surface area contributed by atoms with Gasteiger partial charge in [0.1, 0.15) is 12.4 Å². The van der Waals surface area contributed by atoms with Crippen LogP contribution in [-0.2, 0) is 11.4 Å². The molecule has 0 aliphatic heterocycles. The Bertz CT molecular complexity index is 598. The number of benzene rings is 1. The number of nitrogens with zero attached hydrogens (tertiary/aromatic N) is 2. The Morgan fingerprint density at radius 1 is 1.45 bits per heavy atom. The minimum atomic E-state index is -0.220. The summed E-state index contributed by atoms with van der Waals surface area (Å²) in [4.78, 5) is 21.1. The first-order valence-corrected chi connectivity index (χ1v) is 6.94. The van der Waals surface area contributed by atoms with Crippen LogP contribution in [-0.4, -0.2) is 30.1 Å². The Labute approximate surface area is 121 Å². The zero-order valence-electron chi connectivity index (χ0n) is 11.6. The Balaban J connectivity index is 2.04. The number of thiazole rings is 1. The third-order valence-corrected chi connectivity index (χ3v) is 3.52. The summed E-state index contributed by atoms with van der Waals surface area (Å²) in [5, 5.41) is 4.14. The van der Waals surface area contributed by atoms with Crippen molar-refractivity contribution in [1.29, 1.82) is 0 Å². The van der Waals surface area contributed by atoms with Gasteiger partial charge in [0.15, 0.2) is 0 Å². The van der Waals surface area contributed by atoms with Crippen molar-refractivity contribution in [2.45, 2.75) is 13.5 Å². The van der Waals surface area contributed by atoms with Gasteiger partial charge in [0, 0.05) is 18.0 Å². The van der Waals surface area contributed by atoms with Gasteiger partial charge >= 0.3 is 0 Å². The molecule has 2 rings (SSSR count). The van der Waals surface area contributed by atoms with Crippen molar-refractivity contribution in [3.05, 3.63) is 45.9 Å². The summed E-state index contributed by atoms with van der Waals surface area (Å²) in [6.45, 7) is 2.34. The fourth-order valence-corrected chi connectivity index (χ4v) is 2.21. The maximum absolute atomic E-state index is 11.9. The highest BCUT2D eigenvalue weighted by Gasteiger charge is 2.12. The number of hydrogen-bond acceptors (Lipinski definition) is 5. The highest BCUT2D eigenvalue weighted by Crippen LogP contribution is 2.17. The Kier molecular flexibility index (Phi) is 4.70. The SMILES string of the molecule is CON(C)C(=O)c1cccc(OCc2csc(C)n2)c1. The first-order chi connectivity index (χ1) is 9.60. The lowest BCUT2D eigenvalue weighted by molar-refractivity contribution is -0.0757. The highest BCUT2D eigenvalue weighted by atomic mass is 32.1. The Morgan fingerprint density at radius 2 is 2.25 bits per heavy atom. The molecule has 1 aromatic heterocycles. The smallest absolute Gasteiger partial charge is 0.277 e. The van der Waals surface area contributed by atoms with E-state index in [0.717, 1.165) is 10.7 Å². The molecule has 5 nitrogen and oxygen atoms in total. The average Bonchev–Trinajstić information content (AvgIpc) is 2.89. The van der Waals surface area contributed by atoms with Gasteiger partial charge < -0.3 is 4.74 Å². The van der Waals surface area contributed by atoms with Crippen molar-refractivity contribution in [1.82, 2.24) is 10.0 Å². The van der Waals surface area contributed by atoms with Gasteiger partial charge in [-0.25, -0.2) is 10.0 Å². The van der Waals surface area contributed by atoms with Crippen LogP contribution in [0.25, 0.3) is 0 Å². The predicted molar refractivity (Wildman–Crippen MR) is 76.7 cm³/mol. The van der Waals surface area contributed by atoms with Crippen LogP contribution >= 0.6 is 11.3 Å². The lowest BCUT2D eigenvalue weighted by Crippen LogP contribution is -2.25. The standard InChI is InChI=1S/C14H16N2O3S/c1-10-15-12(9-20-10)8-19-13-6-4-5-11(7-13)14(17)16(2)18-3/h4-7,9H,8H2,1-3H3. The minimum absolute atomic E-state index is 0.220. The maximum atomic E-state index is 11.9. The summed E-state index contributed by atoms with van der Waals surface area (Å²) in [5.41, 5.74) is 1.40. The highest BCUT2D eigenvalue weighted by molar-refractivity contribution is 7.09. The van der Waals surface area contributed by atoms with Gasteiger partial charge in [-0.3, -0.25) is 9.63 Å². The van der Waals surface area contributed by atoms with Gasteiger partial charge in [0.2, 0.25) is 0 Å². The van der Waals surface area contributed by atoms with Crippen molar-refractivity contribution in [2.24, 2.45) is 0 Å². The lowest BCUT2D eigenvalue weighted by Gasteiger charge is -2.14. The number of carbonyl (C=O) groups is 1. The predicted octanol–water partition coefficient (Wildman–Crippen LogP) is 2.66. The van der Waals surface area contributed by atoms with Gasteiger partial charge in [-0.2, -0.15) is 0 Å². The quantitative estimate of drug-likeness (QED) is 0.795. The summed E-state index contributed by atoms with van der Waals surface area (Å²) in [7, 11) is 3.01. The molecule has 0 spiro atoms. The van der Waals surface area contributed by atoms with Crippen molar-refractivity contribution in [2.75, 3.05) is 14.2 Å². The molecule has 0 atom stereocenters. The number of aryl methyl sites for hydroxylation is 1. The zero-order chi connectivity index (χ0) is 14.5. The van der Waals surface area contributed by atoms with Gasteiger partial charge in [0.25, 0.3) is 5.91 Å². The van der Waals surface area contributed by atoms with E-state index in [9.17, 15) is 4.79 Å². The first-order valence-electron chi connectivity index (χ1n) is 6.06. The van der Waals surface area contributed by atoms with E-state index < -0.39 is 0 Å². The summed E-state index contributed by atoms with van der Waals surface area (Å²) in [6.07, 6.45) is 0. The first kappa shape index (κ1) is 14.5. The molecule has 106 valence electrons. The lowest BCUT2D eigenvalue weighted by atomic mass is 10.2. The second-order valence-electron chi connectivity index (χ2n) is 4.16. The molecular formula is C14H16N2O3S. The van der Waals surface area contributed by atoms with E-state index in [1.54, 1.807) is 36.6 Å². The summed E-state index contributed by atoms with van der Waals surface area (Å²) < 4.78 is 5.64. The third-order valence-electron chi connectivity index (χ3n) is 2.69. The van der Waals surface area contributed by atoms with Crippen molar-refractivity contribution in [3.63, 3.8) is 0 Å². The van der Waals surface area contributed by atoms with Crippen LogP contribution < -0.4 is 4.74 Å². The molecule has 0 saturated carbocycles. The molecule has 0 radical (unpaired) electrons. The van der Waals surface area contributed by atoms with E-state index in [4.69, 9.17) is 9.57 Å². The van der Waals surface area contributed by atoms with E-state index in [1.165, 1.54) is 12.2 Å². The normalized spacial score (nSPS) is 10.3. The molecule has 0 unspecified atom stereocenters. The van der Waals surface area contributed by atoms with Crippen molar-refractivity contribution >= 4 is 17.2 Å². The van der Waals surface area contributed by atoms with Crippen LogP contribution in [0.4, 0.5) is 0 Å². The molecule has 0 saturated heterocycles. The summed E-state index contributed by atoms with van der Waals surface area (Å²) >= 11 is 1.59. The Morgan fingerprint density at radius 3 is 2.90 bits per heavy atom. The number of hydrogen-bond donors (Lipinski definition) is 0. The molecule has 0 aliphatic rings. The topological polar surface area (TPSA) is 51.7 Å². The molecule has 1 heterocycles. The average molecular weight is 292 g/mol. The van der Waals surface area contributed by atoms with E-state index in [-0.39, 0.29) is 5.91 Å². The van der Waals surface area contributed by atoms with Crippen LogP contribution in [0.15, 0.2) is 29.6 Å². The monoisotopic (exact) mass is 292 g/mol. The number of ether oxygens (including phenoxy) is 1.